The van der Waals surface area contributed by atoms with Gasteiger partial charge in [0.05, 0.1) is 17.0 Å². The molecule has 0 saturated heterocycles. The lowest BCUT2D eigenvalue weighted by molar-refractivity contribution is 0.102. The number of ether oxygens (including phenoxy) is 1. The number of methoxy groups -OCH3 is 1. The van der Waals surface area contributed by atoms with Gasteiger partial charge in [0.1, 0.15) is 0 Å². The van der Waals surface area contributed by atoms with Crippen molar-refractivity contribution in [3.63, 3.8) is 0 Å². The molecule has 1 aromatic heterocycles. The van der Waals surface area contributed by atoms with Crippen molar-refractivity contribution in [1.29, 1.82) is 0 Å². The normalized spacial score (nSPS) is 15.2. The lowest BCUT2D eigenvalue weighted by Gasteiger charge is -2.34. The zero-order valence-corrected chi connectivity index (χ0v) is 13.8. The average Bonchev–Trinajstić information content (AvgIpc) is 2.71. The zero-order chi connectivity index (χ0) is 14.4. The van der Waals surface area contributed by atoms with Crippen LogP contribution in [-0.4, -0.2) is 37.7 Å². The molecular formula is C14H25ClN2OS. The number of hydrogen-bond acceptors (Lipinski definition) is 4. The van der Waals surface area contributed by atoms with E-state index in [1.165, 1.54) is 4.88 Å². The van der Waals surface area contributed by atoms with E-state index in [0.717, 1.165) is 24.0 Å². The summed E-state index contributed by atoms with van der Waals surface area (Å²) in [5, 5.41) is 0. The zero-order valence-electron chi connectivity index (χ0n) is 12.2. The summed E-state index contributed by atoms with van der Waals surface area (Å²) in [4.78, 5) is 3.64. The maximum atomic E-state index is 6.21. The molecule has 0 aliphatic heterocycles. The van der Waals surface area contributed by atoms with Crippen molar-refractivity contribution in [3.8, 4) is 0 Å². The summed E-state index contributed by atoms with van der Waals surface area (Å²) >= 11 is 7.67. The number of thiophene rings is 1. The Morgan fingerprint density at radius 2 is 2.05 bits per heavy atom. The average molecular weight is 305 g/mol. The van der Waals surface area contributed by atoms with Crippen LogP contribution < -0.4 is 5.73 Å². The van der Waals surface area contributed by atoms with Gasteiger partial charge in [-0.25, -0.2) is 0 Å². The van der Waals surface area contributed by atoms with Crippen LogP contribution in [0.1, 0.15) is 31.7 Å². The minimum atomic E-state index is 0.0605. The number of hydrogen-bond donors (Lipinski definition) is 1. The molecule has 1 aromatic rings. The predicted molar refractivity (Wildman–Crippen MR) is 84.0 cm³/mol. The van der Waals surface area contributed by atoms with Crippen LogP contribution in [0.3, 0.4) is 0 Å². The molecular weight excluding hydrogens is 280 g/mol. The van der Waals surface area contributed by atoms with E-state index in [2.05, 4.69) is 31.7 Å². The fourth-order valence-electron chi connectivity index (χ4n) is 2.28. The molecule has 0 saturated carbocycles. The van der Waals surface area contributed by atoms with Crippen molar-refractivity contribution in [3.05, 3.63) is 21.3 Å². The third-order valence-corrected chi connectivity index (χ3v) is 4.26. The van der Waals surface area contributed by atoms with Gasteiger partial charge in [0.15, 0.2) is 0 Å². The first-order valence-electron chi connectivity index (χ1n) is 6.69. The van der Waals surface area contributed by atoms with E-state index in [0.29, 0.717) is 5.92 Å². The molecule has 19 heavy (non-hydrogen) atoms. The van der Waals surface area contributed by atoms with Crippen LogP contribution in [0, 0.1) is 5.92 Å². The first-order chi connectivity index (χ1) is 8.95. The summed E-state index contributed by atoms with van der Waals surface area (Å²) in [6, 6.07) is 4.29. The fraction of sp³-hybridized carbons (Fsp3) is 0.714. The van der Waals surface area contributed by atoms with E-state index < -0.39 is 0 Å². The molecule has 2 atom stereocenters. The molecule has 5 heteroatoms. The highest BCUT2D eigenvalue weighted by molar-refractivity contribution is 7.16. The maximum absolute atomic E-state index is 6.21. The van der Waals surface area contributed by atoms with Crippen LogP contribution in [0.5, 0.6) is 0 Å². The molecule has 0 bridgehead atoms. The van der Waals surface area contributed by atoms with Gasteiger partial charge >= 0.3 is 0 Å². The molecule has 0 radical (unpaired) electrons. The van der Waals surface area contributed by atoms with E-state index in [9.17, 15) is 0 Å². The van der Waals surface area contributed by atoms with Gasteiger partial charge in [-0.15, -0.1) is 11.3 Å². The van der Waals surface area contributed by atoms with Gasteiger partial charge < -0.3 is 10.5 Å². The van der Waals surface area contributed by atoms with Crippen molar-refractivity contribution in [2.45, 2.75) is 32.9 Å². The van der Waals surface area contributed by atoms with E-state index in [-0.39, 0.29) is 12.1 Å². The Morgan fingerprint density at radius 3 is 2.47 bits per heavy atom. The highest BCUT2D eigenvalue weighted by Crippen LogP contribution is 2.32. The quantitative estimate of drug-likeness (QED) is 0.800. The fourth-order valence-corrected chi connectivity index (χ4v) is 3.59. The molecule has 0 aromatic carbocycles. The second-order valence-corrected chi connectivity index (χ2v) is 7.07. The Balaban J connectivity index is 2.90. The molecule has 1 heterocycles. The Morgan fingerprint density at radius 1 is 1.37 bits per heavy atom. The second-order valence-electron chi connectivity index (χ2n) is 5.33. The van der Waals surface area contributed by atoms with Gasteiger partial charge in [0.25, 0.3) is 0 Å². The van der Waals surface area contributed by atoms with E-state index in [1.807, 2.05) is 6.07 Å². The third-order valence-electron chi connectivity index (χ3n) is 2.96. The van der Waals surface area contributed by atoms with Gasteiger partial charge in [-0.3, -0.25) is 4.90 Å². The number of rotatable bonds is 8. The summed E-state index contributed by atoms with van der Waals surface area (Å²) in [5.41, 5.74) is 6.21. The van der Waals surface area contributed by atoms with Crippen molar-refractivity contribution < 1.29 is 4.74 Å². The summed E-state index contributed by atoms with van der Waals surface area (Å²) in [6.07, 6.45) is 0. The SMILES string of the molecule is COCCN(CC(C)C)C(c1ccc(Cl)s1)C(C)N. The standard InChI is InChI=1S/C14H25ClN2OS/c1-10(2)9-17(7-8-18-4)14(11(3)16)12-5-6-13(15)19-12/h5-6,10-11,14H,7-9,16H2,1-4H3. The molecule has 0 amide bonds. The Labute approximate surface area is 125 Å². The van der Waals surface area contributed by atoms with Gasteiger partial charge in [0.2, 0.25) is 0 Å². The Hall–Kier alpha value is -0.130. The van der Waals surface area contributed by atoms with Crippen LogP contribution >= 0.6 is 22.9 Å². The molecule has 0 aliphatic rings. The molecule has 1 rings (SSSR count). The minimum absolute atomic E-state index is 0.0605. The van der Waals surface area contributed by atoms with E-state index >= 15 is 0 Å². The smallest absolute Gasteiger partial charge is 0.0931 e. The van der Waals surface area contributed by atoms with E-state index in [1.54, 1.807) is 18.4 Å². The van der Waals surface area contributed by atoms with Gasteiger partial charge in [0, 0.05) is 31.1 Å². The molecule has 0 fully saturated rings. The number of halogens is 1. The van der Waals surface area contributed by atoms with Crippen LogP contribution in [0.15, 0.2) is 12.1 Å². The topological polar surface area (TPSA) is 38.5 Å². The second kappa shape index (κ2) is 8.22. The molecule has 2 N–H and O–H groups in total. The van der Waals surface area contributed by atoms with E-state index in [4.69, 9.17) is 22.1 Å². The lowest BCUT2D eigenvalue weighted by Crippen LogP contribution is -2.42. The summed E-state index contributed by atoms with van der Waals surface area (Å²) in [7, 11) is 1.73. The van der Waals surface area contributed by atoms with Crippen molar-refractivity contribution in [2.75, 3.05) is 26.8 Å². The highest BCUT2D eigenvalue weighted by atomic mass is 35.5. The molecule has 2 unspecified atom stereocenters. The molecule has 110 valence electrons. The van der Waals surface area contributed by atoms with Gasteiger partial charge in [-0.1, -0.05) is 25.4 Å². The third kappa shape index (κ3) is 5.40. The van der Waals surface area contributed by atoms with Crippen LogP contribution in [-0.2, 0) is 4.74 Å². The van der Waals surface area contributed by atoms with Crippen molar-refractivity contribution in [1.82, 2.24) is 4.90 Å². The van der Waals surface area contributed by atoms with Gasteiger partial charge in [-0.2, -0.15) is 0 Å². The largest absolute Gasteiger partial charge is 0.383 e. The van der Waals surface area contributed by atoms with Gasteiger partial charge in [-0.05, 0) is 25.0 Å². The highest BCUT2D eigenvalue weighted by Gasteiger charge is 2.25. The Kier molecular flexibility index (Phi) is 7.32. The first-order valence-corrected chi connectivity index (χ1v) is 7.89. The number of nitrogens with two attached hydrogens (primary N) is 1. The molecule has 0 spiro atoms. The van der Waals surface area contributed by atoms with Crippen LogP contribution in [0.25, 0.3) is 0 Å². The molecule has 3 nitrogen and oxygen atoms in total. The van der Waals surface area contributed by atoms with Crippen LogP contribution in [0.4, 0.5) is 0 Å². The molecule has 0 aliphatic carbocycles. The Bertz CT molecular complexity index is 368. The summed E-state index contributed by atoms with van der Waals surface area (Å²) in [5.74, 6) is 0.591. The monoisotopic (exact) mass is 304 g/mol. The first kappa shape index (κ1) is 16.9. The van der Waals surface area contributed by atoms with Crippen LogP contribution in [0.2, 0.25) is 4.34 Å². The van der Waals surface area contributed by atoms with Crippen molar-refractivity contribution >= 4 is 22.9 Å². The lowest BCUT2D eigenvalue weighted by atomic mass is 10.0. The predicted octanol–water partition coefficient (Wildman–Crippen LogP) is 3.39. The maximum Gasteiger partial charge on any atom is 0.0931 e. The van der Waals surface area contributed by atoms with Crippen molar-refractivity contribution in [2.24, 2.45) is 11.7 Å². The summed E-state index contributed by atoms with van der Waals surface area (Å²) < 4.78 is 6.04. The minimum Gasteiger partial charge on any atom is -0.383 e. The number of nitrogens with zero attached hydrogens (tertiary/aromatic N) is 1. The summed E-state index contributed by atoms with van der Waals surface area (Å²) in [6.45, 7) is 9.11.